The molecule has 0 saturated carbocycles. The zero-order chi connectivity index (χ0) is 22.4. The molecule has 0 bridgehead atoms. The van der Waals surface area contributed by atoms with Crippen molar-refractivity contribution in [3.05, 3.63) is 42.1 Å². The van der Waals surface area contributed by atoms with Crippen molar-refractivity contribution in [2.24, 2.45) is 0 Å². The topological polar surface area (TPSA) is 107 Å². The molecule has 0 aliphatic carbocycles. The van der Waals surface area contributed by atoms with Crippen LogP contribution in [0.3, 0.4) is 0 Å². The number of carbonyl (C=O) groups is 3. The van der Waals surface area contributed by atoms with Crippen LogP contribution in [0.5, 0.6) is 11.5 Å². The fourth-order valence-electron chi connectivity index (χ4n) is 2.56. The van der Waals surface area contributed by atoms with Crippen LogP contribution in [0.1, 0.15) is 24.2 Å². The molecular formula is C21H23N3O6S. The maximum absolute atomic E-state index is 12.4. The van der Waals surface area contributed by atoms with Crippen molar-refractivity contribution in [2.45, 2.75) is 24.9 Å². The van der Waals surface area contributed by atoms with Crippen LogP contribution in [0, 0.1) is 0 Å². The van der Waals surface area contributed by atoms with Gasteiger partial charge in [0.15, 0.2) is 18.1 Å². The number of anilines is 1. The Morgan fingerprint density at radius 2 is 2.00 bits per heavy atom. The number of fused-ring (bicyclic) bond motifs is 1. The predicted octanol–water partition coefficient (Wildman–Crippen LogP) is 2.56. The van der Waals surface area contributed by atoms with E-state index < -0.39 is 5.97 Å². The molecule has 1 aliphatic rings. The lowest BCUT2D eigenvalue weighted by Crippen LogP contribution is -2.36. The summed E-state index contributed by atoms with van der Waals surface area (Å²) in [6, 6.07) is 8.25. The number of carbonyl (C=O) groups excluding carboxylic acids is 3. The summed E-state index contributed by atoms with van der Waals surface area (Å²) in [5, 5.41) is 3.11. The van der Waals surface area contributed by atoms with E-state index in [4.69, 9.17) is 14.2 Å². The van der Waals surface area contributed by atoms with Crippen LogP contribution < -0.4 is 14.8 Å². The molecule has 0 fully saturated rings. The highest BCUT2D eigenvalue weighted by molar-refractivity contribution is 8.00. The van der Waals surface area contributed by atoms with E-state index in [2.05, 4.69) is 10.3 Å². The highest BCUT2D eigenvalue weighted by Gasteiger charge is 2.19. The third-order valence-corrected chi connectivity index (χ3v) is 5.49. The number of rotatable bonds is 8. The van der Waals surface area contributed by atoms with Gasteiger partial charge < -0.3 is 24.4 Å². The second-order valence-corrected chi connectivity index (χ2v) is 7.90. The minimum atomic E-state index is -0.669. The summed E-state index contributed by atoms with van der Waals surface area (Å²) < 4.78 is 15.7. The standard InChI is InChI=1S/C21H23N3O6S/c1-13(2)24(3)19(26)10-28-21(27)15-5-4-8-22-20(15)31-11-18(25)23-14-6-7-16-17(9-14)30-12-29-16/h4-9,13H,10-12H2,1-3H3,(H,23,25). The molecule has 164 valence electrons. The summed E-state index contributed by atoms with van der Waals surface area (Å²) >= 11 is 1.10. The number of nitrogens with zero attached hydrogens (tertiary/aromatic N) is 2. The van der Waals surface area contributed by atoms with E-state index in [-0.39, 0.29) is 42.6 Å². The number of benzene rings is 1. The fourth-order valence-corrected chi connectivity index (χ4v) is 3.34. The van der Waals surface area contributed by atoms with Gasteiger partial charge in [0.05, 0.1) is 11.3 Å². The summed E-state index contributed by atoms with van der Waals surface area (Å²) in [6.45, 7) is 3.52. The Morgan fingerprint density at radius 1 is 1.23 bits per heavy atom. The van der Waals surface area contributed by atoms with E-state index in [9.17, 15) is 14.4 Å². The van der Waals surface area contributed by atoms with E-state index in [0.717, 1.165) is 11.8 Å². The maximum Gasteiger partial charge on any atom is 0.341 e. The zero-order valence-corrected chi connectivity index (χ0v) is 18.2. The minimum Gasteiger partial charge on any atom is -0.454 e. The Morgan fingerprint density at radius 3 is 2.77 bits per heavy atom. The summed E-state index contributed by atoms with van der Waals surface area (Å²) in [5.41, 5.74) is 0.770. The first-order chi connectivity index (χ1) is 14.8. The summed E-state index contributed by atoms with van der Waals surface area (Å²) in [7, 11) is 1.64. The van der Waals surface area contributed by atoms with Crippen LogP contribution in [0.2, 0.25) is 0 Å². The molecule has 0 spiro atoms. The second kappa shape index (κ2) is 10.2. The molecule has 1 aliphatic heterocycles. The van der Waals surface area contributed by atoms with Crippen molar-refractivity contribution >= 4 is 35.2 Å². The number of aromatic nitrogens is 1. The first-order valence-corrected chi connectivity index (χ1v) is 10.5. The van der Waals surface area contributed by atoms with Gasteiger partial charge in [-0.25, -0.2) is 9.78 Å². The third kappa shape index (κ3) is 5.88. The Hall–Kier alpha value is -3.27. The van der Waals surface area contributed by atoms with E-state index in [1.165, 1.54) is 11.1 Å². The molecule has 3 rings (SSSR count). The number of hydrogen-bond donors (Lipinski definition) is 1. The fraction of sp³-hybridized carbons (Fsp3) is 0.333. The van der Waals surface area contributed by atoms with Gasteiger partial charge in [0.2, 0.25) is 12.7 Å². The Labute approximate surface area is 184 Å². The molecule has 9 nitrogen and oxygen atoms in total. The van der Waals surface area contributed by atoms with Crippen molar-refractivity contribution in [3.8, 4) is 11.5 Å². The first-order valence-electron chi connectivity index (χ1n) is 9.55. The van der Waals surface area contributed by atoms with Crippen molar-refractivity contribution in [1.82, 2.24) is 9.88 Å². The highest BCUT2D eigenvalue weighted by atomic mass is 32.2. The van der Waals surface area contributed by atoms with E-state index in [1.807, 2.05) is 13.8 Å². The van der Waals surface area contributed by atoms with Crippen LogP contribution in [0.15, 0.2) is 41.6 Å². The van der Waals surface area contributed by atoms with E-state index in [1.54, 1.807) is 37.4 Å². The number of amides is 2. The monoisotopic (exact) mass is 445 g/mol. The minimum absolute atomic E-state index is 0.000941. The molecule has 0 radical (unpaired) electrons. The molecular weight excluding hydrogens is 422 g/mol. The number of ether oxygens (including phenoxy) is 3. The summed E-state index contributed by atoms with van der Waals surface area (Å²) in [4.78, 5) is 42.4. The summed E-state index contributed by atoms with van der Waals surface area (Å²) in [5.74, 6) is -0.0230. The number of esters is 1. The molecule has 31 heavy (non-hydrogen) atoms. The zero-order valence-electron chi connectivity index (χ0n) is 17.4. The Bertz CT molecular complexity index is 981. The van der Waals surface area contributed by atoms with Crippen molar-refractivity contribution in [1.29, 1.82) is 0 Å². The second-order valence-electron chi connectivity index (χ2n) is 6.94. The molecule has 1 N–H and O–H groups in total. The number of nitrogens with one attached hydrogen (secondary N) is 1. The lowest BCUT2D eigenvalue weighted by Gasteiger charge is -2.21. The predicted molar refractivity (Wildman–Crippen MR) is 114 cm³/mol. The normalized spacial score (nSPS) is 11.9. The molecule has 2 aromatic rings. The number of thioether (sulfide) groups is 1. The van der Waals surface area contributed by atoms with Crippen molar-refractivity contribution in [3.63, 3.8) is 0 Å². The smallest absolute Gasteiger partial charge is 0.341 e. The molecule has 0 saturated heterocycles. The molecule has 1 aromatic heterocycles. The van der Waals surface area contributed by atoms with E-state index in [0.29, 0.717) is 22.2 Å². The Balaban J connectivity index is 1.55. The van der Waals surface area contributed by atoms with Gasteiger partial charge in [-0.3, -0.25) is 9.59 Å². The van der Waals surface area contributed by atoms with Crippen molar-refractivity contribution < 1.29 is 28.6 Å². The molecule has 0 unspecified atom stereocenters. The number of pyridine rings is 1. The number of likely N-dealkylation sites (N-methyl/N-ethyl adjacent to an activating group) is 1. The molecule has 2 amide bonds. The van der Waals surface area contributed by atoms with Crippen LogP contribution >= 0.6 is 11.8 Å². The Kier molecular flexibility index (Phi) is 7.35. The molecule has 10 heteroatoms. The lowest BCUT2D eigenvalue weighted by atomic mass is 10.3. The SMILES string of the molecule is CC(C)N(C)C(=O)COC(=O)c1cccnc1SCC(=O)Nc1ccc2c(c1)OCO2. The molecule has 2 heterocycles. The van der Waals surface area contributed by atoms with Gasteiger partial charge in [-0.2, -0.15) is 0 Å². The van der Waals surface area contributed by atoms with Crippen LogP contribution in [0.4, 0.5) is 5.69 Å². The first kappa shape index (κ1) is 22.4. The van der Waals surface area contributed by atoms with Gasteiger partial charge in [0, 0.05) is 31.0 Å². The van der Waals surface area contributed by atoms with Gasteiger partial charge in [0.25, 0.3) is 5.91 Å². The van der Waals surface area contributed by atoms with Crippen LogP contribution in [0.25, 0.3) is 0 Å². The average molecular weight is 445 g/mol. The molecule has 1 aromatic carbocycles. The largest absolute Gasteiger partial charge is 0.454 e. The lowest BCUT2D eigenvalue weighted by molar-refractivity contribution is -0.134. The van der Waals surface area contributed by atoms with Crippen LogP contribution in [-0.2, 0) is 14.3 Å². The van der Waals surface area contributed by atoms with E-state index >= 15 is 0 Å². The van der Waals surface area contributed by atoms with Gasteiger partial charge in [-0.15, -0.1) is 0 Å². The van der Waals surface area contributed by atoms with Crippen LogP contribution in [-0.4, -0.2) is 59.9 Å². The van der Waals surface area contributed by atoms with Gasteiger partial charge in [-0.05, 0) is 38.1 Å². The van der Waals surface area contributed by atoms with Crippen molar-refractivity contribution in [2.75, 3.05) is 31.5 Å². The van der Waals surface area contributed by atoms with Gasteiger partial charge >= 0.3 is 5.97 Å². The third-order valence-electron chi connectivity index (χ3n) is 4.48. The average Bonchev–Trinajstić information content (AvgIpc) is 3.23. The quantitative estimate of drug-likeness (QED) is 0.488. The number of hydrogen-bond acceptors (Lipinski definition) is 8. The maximum atomic E-state index is 12.4. The van der Waals surface area contributed by atoms with Gasteiger partial charge in [0.1, 0.15) is 5.03 Å². The highest BCUT2D eigenvalue weighted by Crippen LogP contribution is 2.34. The summed E-state index contributed by atoms with van der Waals surface area (Å²) in [6.07, 6.45) is 1.52. The van der Waals surface area contributed by atoms with Gasteiger partial charge in [-0.1, -0.05) is 11.8 Å². The molecule has 0 atom stereocenters.